The summed E-state index contributed by atoms with van der Waals surface area (Å²) in [6.45, 7) is 7.54. The van der Waals surface area contributed by atoms with Gasteiger partial charge in [0, 0.05) is 0 Å². The largest absolute Gasteiger partial charge is 0.466 e. The van der Waals surface area contributed by atoms with E-state index in [4.69, 9.17) is 21.7 Å². The summed E-state index contributed by atoms with van der Waals surface area (Å²) < 4.78 is 10.7. The summed E-state index contributed by atoms with van der Waals surface area (Å²) in [6, 6.07) is 0. The molecule has 6 nitrogen and oxygen atoms in total. The second kappa shape index (κ2) is 8.14. The Morgan fingerprint density at radius 2 is 1.76 bits per heavy atom. The summed E-state index contributed by atoms with van der Waals surface area (Å²) in [4.78, 5) is 37.5. The molecule has 1 N–H and O–H groups in total. The van der Waals surface area contributed by atoms with Crippen LogP contribution in [0.4, 0.5) is 0 Å². The van der Waals surface area contributed by atoms with Crippen LogP contribution in [0.3, 0.4) is 0 Å². The maximum atomic E-state index is 12.6. The SMILES string of the molecule is CCOC(=O)C1C(C)=C/C(=C2/SC(=S)NC2=O)C(C(=O)OCC)C1C. The van der Waals surface area contributed by atoms with Crippen molar-refractivity contribution in [3.05, 3.63) is 22.1 Å². The summed E-state index contributed by atoms with van der Waals surface area (Å²) in [5.41, 5.74) is 1.30. The van der Waals surface area contributed by atoms with Crippen LogP contribution in [0, 0.1) is 17.8 Å². The molecule has 0 aromatic carbocycles. The number of thiocarbonyl (C=S) groups is 1. The fourth-order valence-electron chi connectivity index (χ4n) is 3.23. The summed E-state index contributed by atoms with van der Waals surface area (Å²) in [7, 11) is 0. The molecule has 1 saturated heterocycles. The smallest absolute Gasteiger partial charge is 0.313 e. The average Bonchev–Trinajstić information content (AvgIpc) is 2.85. The molecule has 0 radical (unpaired) electrons. The second-order valence-corrected chi connectivity index (χ2v) is 7.52. The third-order valence-corrected chi connectivity index (χ3v) is 5.48. The zero-order chi connectivity index (χ0) is 18.7. The number of amides is 1. The van der Waals surface area contributed by atoms with E-state index in [0.717, 1.165) is 17.3 Å². The highest BCUT2D eigenvalue weighted by atomic mass is 32.2. The van der Waals surface area contributed by atoms with Gasteiger partial charge in [-0.15, -0.1) is 0 Å². The average molecular weight is 383 g/mol. The standard InChI is InChI=1S/C17H21NO5S2/c1-5-22-15(20)11-8(3)7-10(13-14(19)18-17(24)25-13)12(9(11)4)16(21)23-6-2/h7,9,11-12H,5-6H2,1-4H3,(H,18,19,24)/b13-10-. The zero-order valence-corrected chi connectivity index (χ0v) is 16.2. The molecule has 1 aliphatic heterocycles. The Morgan fingerprint density at radius 1 is 1.20 bits per heavy atom. The predicted octanol–water partition coefficient (Wildman–Crippen LogP) is 2.34. The number of nitrogens with one attached hydrogen (secondary N) is 1. The van der Waals surface area contributed by atoms with Crippen LogP contribution >= 0.6 is 24.0 Å². The molecular weight excluding hydrogens is 362 g/mol. The van der Waals surface area contributed by atoms with Crippen molar-refractivity contribution < 1.29 is 23.9 Å². The van der Waals surface area contributed by atoms with Crippen LogP contribution in [0.1, 0.15) is 27.7 Å². The minimum atomic E-state index is -0.729. The first-order chi connectivity index (χ1) is 11.8. The Balaban J connectivity index is 2.55. The molecule has 0 spiro atoms. The van der Waals surface area contributed by atoms with Crippen LogP contribution in [0.25, 0.3) is 0 Å². The topological polar surface area (TPSA) is 81.7 Å². The Labute approximate surface area is 156 Å². The molecule has 0 aromatic heterocycles. The number of esters is 2. The summed E-state index contributed by atoms with van der Waals surface area (Å²) in [5.74, 6) is -2.84. The van der Waals surface area contributed by atoms with Gasteiger partial charge in [-0.3, -0.25) is 14.4 Å². The number of hydrogen-bond acceptors (Lipinski definition) is 7. The number of thioether (sulfide) groups is 1. The van der Waals surface area contributed by atoms with E-state index in [1.807, 2.05) is 0 Å². The van der Waals surface area contributed by atoms with Crippen LogP contribution < -0.4 is 5.32 Å². The Bertz CT molecular complexity index is 683. The Morgan fingerprint density at radius 3 is 2.24 bits per heavy atom. The lowest BCUT2D eigenvalue weighted by molar-refractivity contribution is -0.153. The normalized spacial score (nSPS) is 29.1. The van der Waals surface area contributed by atoms with Crippen molar-refractivity contribution in [3.63, 3.8) is 0 Å². The number of ether oxygens (including phenoxy) is 2. The molecule has 2 aliphatic rings. The Hall–Kier alpha value is -1.67. The molecule has 0 saturated carbocycles. The van der Waals surface area contributed by atoms with E-state index in [9.17, 15) is 14.4 Å². The van der Waals surface area contributed by atoms with Gasteiger partial charge >= 0.3 is 11.9 Å². The zero-order valence-electron chi connectivity index (χ0n) is 14.6. The molecule has 0 bridgehead atoms. The van der Waals surface area contributed by atoms with Crippen molar-refractivity contribution >= 4 is 46.1 Å². The van der Waals surface area contributed by atoms with Gasteiger partial charge < -0.3 is 14.8 Å². The van der Waals surface area contributed by atoms with Gasteiger partial charge in [-0.05, 0) is 32.3 Å². The van der Waals surface area contributed by atoms with Gasteiger partial charge in [0.25, 0.3) is 5.91 Å². The van der Waals surface area contributed by atoms with Gasteiger partial charge in [-0.25, -0.2) is 0 Å². The lowest BCUT2D eigenvalue weighted by atomic mass is 9.70. The summed E-state index contributed by atoms with van der Waals surface area (Å²) in [6.07, 6.45) is 1.72. The summed E-state index contributed by atoms with van der Waals surface area (Å²) in [5, 5.41) is 2.56. The molecule has 25 heavy (non-hydrogen) atoms. The molecule has 3 unspecified atom stereocenters. The van der Waals surface area contributed by atoms with Gasteiger partial charge in [0.1, 0.15) is 4.32 Å². The fourth-order valence-corrected chi connectivity index (χ4v) is 4.35. The highest BCUT2D eigenvalue weighted by Gasteiger charge is 2.45. The number of carbonyl (C=O) groups is 3. The van der Waals surface area contributed by atoms with Gasteiger partial charge in [0.05, 0.1) is 30.0 Å². The fraction of sp³-hybridized carbons (Fsp3) is 0.529. The molecule has 1 heterocycles. The van der Waals surface area contributed by atoms with E-state index in [1.165, 1.54) is 0 Å². The van der Waals surface area contributed by atoms with Crippen molar-refractivity contribution in [2.45, 2.75) is 27.7 Å². The van der Waals surface area contributed by atoms with Crippen molar-refractivity contribution in [2.24, 2.45) is 17.8 Å². The van der Waals surface area contributed by atoms with E-state index < -0.39 is 23.7 Å². The van der Waals surface area contributed by atoms with Crippen LogP contribution in [0.5, 0.6) is 0 Å². The number of rotatable bonds is 4. The number of allylic oxidation sites excluding steroid dienone is 1. The number of hydrogen-bond donors (Lipinski definition) is 1. The molecule has 0 aromatic rings. The van der Waals surface area contributed by atoms with Crippen molar-refractivity contribution in [2.75, 3.05) is 13.2 Å². The first-order valence-corrected chi connectivity index (χ1v) is 9.33. The van der Waals surface area contributed by atoms with Gasteiger partial charge in [-0.2, -0.15) is 0 Å². The molecule has 3 atom stereocenters. The number of carbonyl (C=O) groups excluding carboxylic acids is 3. The first-order valence-electron chi connectivity index (χ1n) is 8.10. The van der Waals surface area contributed by atoms with Gasteiger partial charge in [0.2, 0.25) is 0 Å². The molecular formula is C17H21NO5S2. The molecule has 136 valence electrons. The maximum Gasteiger partial charge on any atom is 0.313 e. The predicted molar refractivity (Wildman–Crippen MR) is 98.5 cm³/mol. The highest BCUT2D eigenvalue weighted by molar-refractivity contribution is 8.26. The van der Waals surface area contributed by atoms with E-state index in [-0.39, 0.29) is 25.1 Å². The third kappa shape index (κ3) is 3.95. The van der Waals surface area contributed by atoms with Gasteiger partial charge in [-0.1, -0.05) is 42.6 Å². The third-order valence-electron chi connectivity index (χ3n) is 4.22. The lowest BCUT2D eigenvalue weighted by Crippen LogP contribution is -2.39. The molecule has 1 aliphatic carbocycles. The highest BCUT2D eigenvalue weighted by Crippen LogP contribution is 2.43. The van der Waals surface area contributed by atoms with Crippen molar-refractivity contribution in [3.8, 4) is 0 Å². The lowest BCUT2D eigenvalue weighted by Gasteiger charge is -2.34. The van der Waals surface area contributed by atoms with Crippen LogP contribution in [0.2, 0.25) is 0 Å². The minimum absolute atomic E-state index is 0.217. The molecule has 2 rings (SSSR count). The maximum absolute atomic E-state index is 12.6. The van der Waals surface area contributed by atoms with E-state index >= 15 is 0 Å². The van der Waals surface area contributed by atoms with Crippen LogP contribution in [-0.4, -0.2) is 35.4 Å². The second-order valence-electron chi connectivity index (χ2n) is 5.84. The van der Waals surface area contributed by atoms with Gasteiger partial charge in [0.15, 0.2) is 0 Å². The Kier molecular flexibility index (Phi) is 6.40. The quantitative estimate of drug-likeness (QED) is 0.453. The monoisotopic (exact) mass is 383 g/mol. The van der Waals surface area contributed by atoms with Crippen molar-refractivity contribution in [1.82, 2.24) is 5.32 Å². The van der Waals surface area contributed by atoms with E-state index in [2.05, 4.69) is 5.32 Å². The van der Waals surface area contributed by atoms with Crippen molar-refractivity contribution in [1.29, 1.82) is 0 Å². The van der Waals surface area contributed by atoms with Crippen LogP contribution in [0.15, 0.2) is 22.1 Å². The van der Waals surface area contributed by atoms with E-state index in [1.54, 1.807) is 33.8 Å². The molecule has 8 heteroatoms. The first kappa shape index (κ1) is 19.7. The molecule has 1 fully saturated rings. The summed E-state index contributed by atoms with van der Waals surface area (Å²) >= 11 is 6.17. The van der Waals surface area contributed by atoms with E-state index in [0.29, 0.717) is 14.8 Å². The van der Waals surface area contributed by atoms with Crippen LogP contribution in [-0.2, 0) is 23.9 Å². The minimum Gasteiger partial charge on any atom is -0.466 e. The molecule has 1 amide bonds.